The van der Waals surface area contributed by atoms with E-state index in [2.05, 4.69) is 13.8 Å². The Labute approximate surface area is 357 Å². The van der Waals surface area contributed by atoms with Crippen LogP contribution in [0.5, 0.6) is 34.5 Å². The van der Waals surface area contributed by atoms with E-state index < -0.39 is 20.2 Å². The van der Waals surface area contributed by atoms with Crippen molar-refractivity contribution < 1.29 is 45.6 Å². The molecule has 0 unspecified atom stereocenters. The summed E-state index contributed by atoms with van der Waals surface area (Å²) in [5, 5.41) is 20.5. The largest absolute Gasteiger partial charge is 2.00 e. The molecule has 0 aromatic heterocycles. The molecule has 0 bridgehead atoms. The summed E-state index contributed by atoms with van der Waals surface area (Å²) >= 11 is 0. The predicted molar refractivity (Wildman–Crippen MR) is 214 cm³/mol. The Hall–Kier alpha value is -2.84. The average Bonchev–Trinajstić information content (AvgIpc) is 3.12. The van der Waals surface area contributed by atoms with Gasteiger partial charge in [-0.05, 0) is 110 Å². The molecule has 4 rings (SSSR count). The zero-order valence-corrected chi connectivity index (χ0v) is 35.9. The van der Waals surface area contributed by atoms with Gasteiger partial charge in [-0.15, -0.1) is 5.75 Å². The van der Waals surface area contributed by atoms with E-state index >= 15 is 0 Å². The van der Waals surface area contributed by atoms with E-state index in [1.807, 2.05) is 0 Å². The van der Waals surface area contributed by atoms with Crippen molar-refractivity contribution >= 4 is 58.0 Å². The van der Waals surface area contributed by atoms with Crippen LogP contribution >= 0.6 is 0 Å². The molecule has 0 heterocycles. The second kappa shape index (κ2) is 25.4. The summed E-state index contributed by atoms with van der Waals surface area (Å²) in [4.78, 5) is -0.248. The Balaban J connectivity index is 0.000000373. The van der Waals surface area contributed by atoms with Crippen LogP contribution in [0.1, 0.15) is 115 Å². The quantitative estimate of drug-likeness (QED) is 0.0441. The van der Waals surface area contributed by atoms with Gasteiger partial charge in [-0.2, -0.15) is 8.42 Å². The third-order valence-corrected chi connectivity index (χ3v) is 10.7. The molecule has 0 radical (unpaired) electrons. The molecule has 0 aliphatic rings. The van der Waals surface area contributed by atoms with E-state index in [1.54, 1.807) is 36.4 Å². The molecule has 2 N–H and O–H groups in total. The molecule has 0 fully saturated rings. The van der Waals surface area contributed by atoms with Gasteiger partial charge in [-0.3, -0.25) is 4.55 Å². The minimum absolute atomic E-state index is 0. The first-order valence-electron chi connectivity index (χ1n) is 18.9. The zero-order chi connectivity index (χ0) is 39.4. The van der Waals surface area contributed by atoms with Crippen molar-refractivity contribution in [2.75, 3.05) is 0 Å². The van der Waals surface area contributed by atoms with Crippen LogP contribution in [0.2, 0.25) is 0 Å². The summed E-state index contributed by atoms with van der Waals surface area (Å²) in [7, 11) is -8.80. The summed E-state index contributed by atoms with van der Waals surface area (Å²) in [6.45, 7) is 4.36. The van der Waals surface area contributed by atoms with Crippen LogP contribution in [0.4, 0.5) is 0 Å². The van der Waals surface area contributed by atoms with Gasteiger partial charge in [0.1, 0.15) is 38.9 Å². The Bertz CT molecular complexity index is 1770. The van der Waals surface area contributed by atoms with Gasteiger partial charge in [0.05, 0.1) is 9.79 Å². The molecule has 10 nitrogen and oxygen atoms in total. The predicted octanol–water partition coefficient (Wildman–Crippen LogP) is 10.1. The van der Waals surface area contributed by atoms with Crippen molar-refractivity contribution in [3.05, 3.63) is 96.1 Å². The monoisotopic (exact) mass is 822 g/mol. The first kappa shape index (κ1) is 48.3. The van der Waals surface area contributed by atoms with Crippen LogP contribution < -0.4 is 14.6 Å². The number of rotatable bonds is 22. The molecular formula is C42H54CaO10S2. The maximum atomic E-state index is 11.7. The molecule has 55 heavy (non-hydrogen) atoms. The summed E-state index contributed by atoms with van der Waals surface area (Å²) in [6, 6.07) is 21.1. The molecule has 13 heteroatoms. The molecule has 4 aromatic rings. The number of aryl methyl sites for hydroxylation is 2. The summed E-state index contributed by atoms with van der Waals surface area (Å²) in [6.07, 6.45) is 16.8. The number of phenols is 1. The van der Waals surface area contributed by atoms with E-state index in [-0.39, 0.29) is 59.0 Å². The van der Waals surface area contributed by atoms with Crippen LogP contribution in [0.15, 0.2) is 94.7 Å². The topological polar surface area (TPSA) is 173 Å². The number of hydrogen-bond donors (Lipinski definition) is 2. The number of ether oxygens (including phenoxy) is 2. The smallest absolute Gasteiger partial charge is 0.872 e. The fourth-order valence-electron chi connectivity index (χ4n) is 5.96. The number of aromatic hydroxyl groups is 1. The number of phenolic OH excluding ortho intramolecular Hbond substituents is 1. The van der Waals surface area contributed by atoms with E-state index in [1.165, 1.54) is 99.9 Å². The van der Waals surface area contributed by atoms with Crippen molar-refractivity contribution in [3.8, 4) is 34.5 Å². The minimum atomic E-state index is -4.53. The first-order chi connectivity index (χ1) is 25.8. The van der Waals surface area contributed by atoms with Gasteiger partial charge in [0.2, 0.25) is 0 Å². The van der Waals surface area contributed by atoms with Crippen LogP contribution in [-0.2, 0) is 33.1 Å². The van der Waals surface area contributed by atoms with Gasteiger partial charge in [-0.25, -0.2) is 8.42 Å². The Morgan fingerprint density at radius 3 is 1.31 bits per heavy atom. The molecule has 0 atom stereocenters. The Morgan fingerprint density at radius 1 is 0.527 bits per heavy atom. The molecule has 0 aliphatic heterocycles. The number of hydrogen-bond acceptors (Lipinski definition) is 9. The summed E-state index contributed by atoms with van der Waals surface area (Å²) in [5.41, 5.74) is 1.04. The van der Waals surface area contributed by atoms with Gasteiger partial charge in [0.15, 0.2) is 0 Å². The van der Waals surface area contributed by atoms with Gasteiger partial charge in [0, 0.05) is 0 Å². The van der Waals surface area contributed by atoms with Gasteiger partial charge in [-0.1, -0.05) is 103 Å². The Morgan fingerprint density at radius 2 is 0.891 bits per heavy atom. The fourth-order valence-corrected chi connectivity index (χ4v) is 7.41. The molecule has 0 saturated carbocycles. The second-order valence-electron chi connectivity index (χ2n) is 13.4. The van der Waals surface area contributed by atoms with Crippen LogP contribution in [0, 0.1) is 0 Å². The molecule has 296 valence electrons. The van der Waals surface area contributed by atoms with E-state index in [0.717, 1.165) is 38.5 Å². The summed E-state index contributed by atoms with van der Waals surface area (Å²) < 4.78 is 78.8. The zero-order valence-electron chi connectivity index (χ0n) is 32.1. The van der Waals surface area contributed by atoms with Crippen molar-refractivity contribution in [2.45, 2.75) is 126 Å². The van der Waals surface area contributed by atoms with Crippen LogP contribution in [0.3, 0.4) is 0 Å². The SMILES string of the molecule is CCCCCCCCCc1cc(Oc2ccc(O)cc2)ccc1S(=O)(=O)O.CCCCCCCCCc1cc(Oc2ccc([O-])cc2)ccc1S(=O)(=O)[O-].[Ca+2]. The fraction of sp³-hybridized carbons (Fsp3) is 0.429. The number of benzene rings is 4. The van der Waals surface area contributed by atoms with Gasteiger partial charge < -0.3 is 24.2 Å². The third-order valence-electron chi connectivity index (χ3n) is 8.84. The first-order valence-corrected chi connectivity index (χ1v) is 21.8. The molecule has 0 amide bonds. The van der Waals surface area contributed by atoms with Crippen molar-refractivity contribution in [2.24, 2.45) is 0 Å². The normalized spacial score (nSPS) is 11.3. The minimum Gasteiger partial charge on any atom is -0.872 e. The van der Waals surface area contributed by atoms with Crippen molar-refractivity contribution in [1.29, 1.82) is 0 Å². The molecule has 4 aromatic carbocycles. The van der Waals surface area contributed by atoms with E-state index in [9.17, 15) is 36.2 Å². The van der Waals surface area contributed by atoms with Crippen molar-refractivity contribution in [1.82, 2.24) is 0 Å². The summed E-state index contributed by atoms with van der Waals surface area (Å²) in [5.74, 6) is 1.98. The van der Waals surface area contributed by atoms with Crippen LogP contribution in [0.25, 0.3) is 0 Å². The molecule has 0 spiro atoms. The maximum absolute atomic E-state index is 11.7. The van der Waals surface area contributed by atoms with E-state index in [4.69, 9.17) is 9.47 Å². The van der Waals surface area contributed by atoms with Gasteiger partial charge in [0.25, 0.3) is 10.1 Å². The maximum Gasteiger partial charge on any atom is 2.00 e. The number of unbranched alkanes of at least 4 members (excludes halogenated alkanes) is 12. The second-order valence-corrected chi connectivity index (χ2v) is 16.1. The van der Waals surface area contributed by atoms with Crippen LogP contribution in [-0.4, -0.2) is 68.8 Å². The standard InChI is InChI=1S/2C21H28O5S.Ca/c2*1-2-3-4-5-6-7-8-9-17-16-20(14-15-21(17)27(23,24)25)26-19-12-10-18(22)11-13-19;/h2*10-16,22H,2-9H2,1H3,(H,23,24,25);/q;;+2/p-2. The third kappa shape index (κ3) is 18.8. The van der Waals surface area contributed by atoms with Gasteiger partial charge >= 0.3 is 37.7 Å². The average molecular weight is 823 g/mol. The molecular weight excluding hydrogens is 769 g/mol. The van der Waals surface area contributed by atoms with Crippen molar-refractivity contribution in [3.63, 3.8) is 0 Å². The Kier molecular flexibility index (Phi) is 22.3. The molecule has 0 aliphatic carbocycles. The van der Waals surface area contributed by atoms with E-state index in [0.29, 0.717) is 47.0 Å². The molecule has 0 saturated heterocycles.